The van der Waals surface area contributed by atoms with Crippen LogP contribution in [0.4, 0.5) is 0 Å². The minimum atomic E-state index is -0.115. The molecule has 140 valence electrons. The van der Waals surface area contributed by atoms with Crippen LogP contribution >= 0.6 is 0 Å². The number of hydrogen-bond acceptors (Lipinski definition) is 4. The topological polar surface area (TPSA) is 45.9 Å². The van der Waals surface area contributed by atoms with Gasteiger partial charge in [0.2, 0.25) is 5.91 Å². The van der Waals surface area contributed by atoms with Crippen molar-refractivity contribution < 1.29 is 13.9 Å². The molecule has 2 aromatic rings. The van der Waals surface area contributed by atoms with Crippen molar-refractivity contribution >= 4 is 5.91 Å². The van der Waals surface area contributed by atoms with Crippen LogP contribution in [0.15, 0.2) is 53.1 Å². The molecule has 26 heavy (non-hydrogen) atoms. The smallest absolute Gasteiger partial charge is 0.230 e. The summed E-state index contributed by atoms with van der Waals surface area (Å²) in [5, 5.41) is 0. The van der Waals surface area contributed by atoms with Gasteiger partial charge in [-0.25, -0.2) is 0 Å². The maximum absolute atomic E-state index is 13.3. The van der Waals surface area contributed by atoms with Crippen LogP contribution in [-0.4, -0.2) is 55.1 Å². The zero-order chi connectivity index (χ0) is 18.2. The van der Waals surface area contributed by atoms with Gasteiger partial charge < -0.3 is 14.1 Å². The first-order valence-electron chi connectivity index (χ1n) is 9.44. The molecule has 5 heteroatoms. The van der Waals surface area contributed by atoms with E-state index in [4.69, 9.17) is 9.15 Å². The van der Waals surface area contributed by atoms with Crippen LogP contribution in [0.1, 0.15) is 30.6 Å². The summed E-state index contributed by atoms with van der Waals surface area (Å²) < 4.78 is 10.9. The number of amides is 1. The predicted octanol–water partition coefficient (Wildman–Crippen LogP) is 3.13. The summed E-state index contributed by atoms with van der Waals surface area (Å²) in [6, 6.07) is 13.9. The van der Waals surface area contributed by atoms with E-state index in [-0.39, 0.29) is 11.8 Å². The molecule has 0 unspecified atom stereocenters. The Hall–Kier alpha value is -2.11. The van der Waals surface area contributed by atoms with Gasteiger partial charge in [0.1, 0.15) is 5.76 Å². The average Bonchev–Trinajstić information content (AvgIpc) is 3.20. The van der Waals surface area contributed by atoms with Gasteiger partial charge in [0.05, 0.1) is 31.9 Å². The second-order valence-electron chi connectivity index (χ2n) is 6.66. The highest BCUT2D eigenvalue weighted by Crippen LogP contribution is 2.23. The molecule has 3 rings (SSSR count). The molecule has 0 bridgehead atoms. The zero-order valence-electron chi connectivity index (χ0n) is 15.5. The van der Waals surface area contributed by atoms with Gasteiger partial charge in [-0.1, -0.05) is 37.3 Å². The molecule has 0 saturated carbocycles. The summed E-state index contributed by atoms with van der Waals surface area (Å²) in [7, 11) is 0. The van der Waals surface area contributed by atoms with Gasteiger partial charge in [-0.05, 0) is 24.1 Å². The van der Waals surface area contributed by atoms with Crippen molar-refractivity contribution in [1.29, 1.82) is 0 Å². The van der Waals surface area contributed by atoms with Crippen LogP contribution in [0, 0.1) is 0 Å². The van der Waals surface area contributed by atoms with Crippen LogP contribution in [0.25, 0.3) is 0 Å². The normalized spacial score (nSPS) is 16.3. The lowest BCUT2D eigenvalue weighted by Crippen LogP contribution is -2.44. The number of nitrogens with zero attached hydrogens (tertiary/aromatic N) is 2. The molecule has 0 aliphatic carbocycles. The maximum Gasteiger partial charge on any atom is 0.230 e. The maximum atomic E-state index is 13.3. The summed E-state index contributed by atoms with van der Waals surface area (Å²) in [5.74, 6) is 0.877. The first kappa shape index (κ1) is 18.7. The molecule has 0 radical (unpaired) electrons. The third-order valence-electron chi connectivity index (χ3n) is 4.94. The highest BCUT2D eigenvalue weighted by Gasteiger charge is 2.25. The lowest BCUT2D eigenvalue weighted by molar-refractivity contribution is -0.134. The molecular formula is C21H28N2O3. The highest BCUT2D eigenvalue weighted by atomic mass is 16.5. The Balaban J connectivity index is 1.71. The number of rotatable bonds is 8. The van der Waals surface area contributed by atoms with Crippen molar-refractivity contribution in [3.8, 4) is 0 Å². The van der Waals surface area contributed by atoms with E-state index in [0.29, 0.717) is 13.1 Å². The Morgan fingerprint density at radius 2 is 1.92 bits per heavy atom. The van der Waals surface area contributed by atoms with E-state index in [1.54, 1.807) is 6.26 Å². The summed E-state index contributed by atoms with van der Waals surface area (Å²) >= 11 is 0. The lowest BCUT2D eigenvalue weighted by Gasteiger charge is -2.31. The second-order valence-corrected chi connectivity index (χ2v) is 6.66. The Morgan fingerprint density at radius 1 is 1.15 bits per heavy atom. The minimum Gasteiger partial charge on any atom is -0.467 e. The SMILES string of the molecule is CC[C@H](C(=O)N(CCN1CCOCC1)Cc1ccco1)c1ccccc1. The number of furan rings is 1. The van der Waals surface area contributed by atoms with Crippen molar-refractivity contribution in [3.63, 3.8) is 0 Å². The van der Waals surface area contributed by atoms with E-state index in [0.717, 1.165) is 50.6 Å². The zero-order valence-corrected chi connectivity index (χ0v) is 15.5. The predicted molar refractivity (Wildman–Crippen MR) is 101 cm³/mol. The number of carbonyl (C=O) groups excluding carboxylic acids is 1. The molecule has 1 atom stereocenters. The van der Waals surface area contributed by atoms with Gasteiger partial charge in [0, 0.05) is 26.2 Å². The van der Waals surface area contributed by atoms with Crippen molar-refractivity contribution in [3.05, 3.63) is 60.1 Å². The molecule has 1 aliphatic heterocycles. The molecule has 2 heterocycles. The van der Waals surface area contributed by atoms with Gasteiger partial charge in [0.15, 0.2) is 0 Å². The Bertz CT molecular complexity index is 651. The fourth-order valence-electron chi connectivity index (χ4n) is 3.40. The fourth-order valence-corrected chi connectivity index (χ4v) is 3.40. The first-order chi connectivity index (χ1) is 12.8. The standard InChI is InChI=1S/C21H28N2O3/c1-2-20(18-7-4-3-5-8-18)21(24)23(17-19-9-6-14-26-19)11-10-22-12-15-25-16-13-22/h3-9,14,20H,2,10-13,15-17H2,1H3/t20-/m0/s1. The summed E-state index contributed by atoms with van der Waals surface area (Å²) in [6.45, 7) is 7.55. The fraction of sp³-hybridized carbons (Fsp3) is 0.476. The van der Waals surface area contributed by atoms with E-state index in [1.807, 2.05) is 47.4 Å². The quantitative estimate of drug-likeness (QED) is 0.729. The number of hydrogen-bond donors (Lipinski definition) is 0. The number of benzene rings is 1. The van der Waals surface area contributed by atoms with Gasteiger partial charge in [-0.3, -0.25) is 9.69 Å². The Kier molecular flexibility index (Phi) is 6.86. The van der Waals surface area contributed by atoms with Crippen LogP contribution in [-0.2, 0) is 16.1 Å². The third kappa shape index (κ3) is 4.96. The van der Waals surface area contributed by atoms with Crippen LogP contribution in [0.3, 0.4) is 0 Å². The molecule has 0 N–H and O–H groups in total. The largest absolute Gasteiger partial charge is 0.467 e. The molecule has 1 aromatic carbocycles. The highest BCUT2D eigenvalue weighted by molar-refractivity contribution is 5.83. The van der Waals surface area contributed by atoms with E-state index in [2.05, 4.69) is 11.8 Å². The Labute approximate surface area is 155 Å². The van der Waals surface area contributed by atoms with Crippen molar-refractivity contribution in [2.24, 2.45) is 0 Å². The van der Waals surface area contributed by atoms with Gasteiger partial charge >= 0.3 is 0 Å². The number of ether oxygens (including phenoxy) is 1. The lowest BCUT2D eigenvalue weighted by atomic mass is 9.95. The summed E-state index contributed by atoms with van der Waals surface area (Å²) in [4.78, 5) is 17.6. The van der Waals surface area contributed by atoms with Crippen molar-refractivity contribution in [2.75, 3.05) is 39.4 Å². The molecule has 1 amide bonds. The van der Waals surface area contributed by atoms with Crippen LogP contribution in [0.2, 0.25) is 0 Å². The second kappa shape index (κ2) is 9.55. The summed E-state index contributed by atoms with van der Waals surface area (Å²) in [5.41, 5.74) is 1.08. The number of carbonyl (C=O) groups is 1. The molecule has 1 aromatic heterocycles. The Morgan fingerprint density at radius 3 is 2.58 bits per heavy atom. The van der Waals surface area contributed by atoms with Gasteiger partial charge in [-0.2, -0.15) is 0 Å². The third-order valence-corrected chi connectivity index (χ3v) is 4.94. The van der Waals surface area contributed by atoms with Gasteiger partial charge in [-0.15, -0.1) is 0 Å². The average molecular weight is 356 g/mol. The van der Waals surface area contributed by atoms with E-state index >= 15 is 0 Å². The van der Waals surface area contributed by atoms with Crippen LogP contribution in [0.5, 0.6) is 0 Å². The van der Waals surface area contributed by atoms with Crippen molar-refractivity contribution in [1.82, 2.24) is 9.80 Å². The molecule has 1 aliphatic rings. The molecular weight excluding hydrogens is 328 g/mol. The molecule has 0 spiro atoms. The monoisotopic (exact) mass is 356 g/mol. The minimum absolute atomic E-state index is 0.115. The molecule has 5 nitrogen and oxygen atoms in total. The van der Waals surface area contributed by atoms with E-state index in [9.17, 15) is 4.79 Å². The first-order valence-corrected chi connectivity index (χ1v) is 9.44. The van der Waals surface area contributed by atoms with Crippen LogP contribution < -0.4 is 0 Å². The summed E-state index contributed by atoms with van der Waals surface area (Å²) in [6.07, 6.45) is 2.45. The molecule has 1 saturated heterocycles. The van der Waals surface area contributed by atoms with Crippen molar-refractivity contribution in [2.45, 2.75) is 25.8 Å². The number of morpholine rings is 1. The molecule has 1 fully saturated rings. The van der Waals surface area contributed by atoms with E-state index in [1.165, 1.54) is 0 Å². The van der Waals surface area contributed by atoms with Gasteiger partial charge in [0.25, 0.3) is 0 Å². The van der Waals surface area contributed by atoms with E-state index < -0.39 is 0 Å².